The Labute approximate surface area is 109 Å². The molecule has 0 amide bonds. The predicted molar refractivity (Wildman–Crippen MR) is 72.3 cm³/mol. The van der Waals surface area contributed by atoms with Crippen LogP contribution in [0.2, 0.25) is 0 Å². The van der Waals surface area contributed by atoms with Gasteiger partial charge in [-0.05, 0) is 36.9 Å². The highest BCUT2D eigenvalue weighted by Gasteiger charge is 2.10. The molecule has 2 rings (SSSR count). The van der Waals surface area contributed by atoms with Gasteiger partial charge in [0, 0.05) is 31.2 Å². The lowest BCUT2D eigenvalue weighted by molar-refractivity contribution is 0.392. The molecule has 92 valence electrons. The average Bonchev–Trinajstić information content (AvgIpc) is 2.63. The molecule has 0 bridgehead atoms. The van der Waals surface area contributed by atoms with Gasteiger partial charge in [-0.3, -0.25) is 0 Å². The summed E-state index contributed by atoms with van der Waals surface area (Å²) in [6.45, 7) is 3.07. The van der Waals surface area contributed by atoms with E-state index in [0.717, 1.165) is 22.6 Å². The molecule has 0 fully saturated rings. The summed E-state index contributed by atoms with van der Waals surface area (Å²) < 4.78 is 2.74. The van der Waals surface area contributed by atoms with E-state index in [1.807, 2.05) is 16.8 Å². The van der Waals surface area contributed by atoms with Crippen molar-refractivity contribution in [3.63, 3.8) is 0 Å². The number of anilines is 1. The zero-order valence-corrected chi connectivity index (χ0v) is 11.8. The van der Waals surface area contributed by atoms with E-state index >= 15 is 0 Å². The Morgan fingerprint density at radius 2 is 2.29 bits per heavy atom. The van der Waals surface area contributed by atoms with Gasteiger partial charge in [0.15, 0.2) is 11.5 Å². The van der Waals surface area contributed by atoms with Crippen LogP contribution in [-0.4, -0.2) is 46.0 Å². The fraction of sp³-hybridized carbons (Fsp3) is 0.455. The van der Waals surface area contributed by atoms with Gasteiger partial charge in [-0.1, -0.05) is 0 Å². The maximum atomic E-state index is 4.42. The van der Waals surface area contributed by atoms with E-state index in [9.17, 15) is 0 Å². The van der Waals surface area contributed by atoms with Gasteiger partial charge in [-0.2, -0.15) is 0 Å². The van der Waals surface area contributed by atoms with Crippen molar-refractivity contribution in [1.29, 1.82) is 0 Å². The van der Waals surface area contributed by atoms with E-state index in [-0.39, 0.29) is 0 Å². The van der Waals surface area contributed by atoms with Gasteiger partial charge >= 0.3 is 0 Å². The monoisotopic (exact) mass is 297 g/mol. The lowest BCUT2D eigenvalue weighted by Crippen LogP contribution is -2.30. The van der Waals surface area contributed by atoms with Crippen molar-refractivity contribution in [2.45, 2.75) is 13.0 Å². The Balaban J connectivity index is 2.25. The first-order valence-electron chi connectivity index (χ1n) is 5.46. The second-order valence-electron chi connectivity index (χ2n) is 4.38. The molecule has 0 saturated heterocycles. The van der Waals surface area contributed by atoms with Crippen molar-refractivity contribution < 1.29 is 0 Å². The van der Waals surface area contributed by atoms with Crippen molar-refractivity contribution in [1.82, 2.24) is 19.3 Å². The number of aromatic nitrogens is 3. The Kier molecular flexibility index (Phi) is 3.63. The van der Waals surface area contributed by atoms with E-state index < -0.39 is 0 Å². The highest BCUT2D eigenvalue weighted by atomic mass is 79.9. The SMILES string of the molecule is CC(CN(C)C)Nc1nc(Br)cn2ccnc12. The minimum absolute atomic E-state index is 0.312. The first-order valence-corrected chi connectivity index (χ1v) is 6.26. The lowest BCUT2D eigenvalue weighted by Gasteiger charge is -2.19. The standard InChI is InChI=1S/C11H16BrN5/c1-8(6-16(2)3)14-10-11-13-4-5-17(11)7-9(12)15-10/h4-5,7-8H,6H2,1-3H3,(H,14,15). The molecule has 0 aromatic carbocycles. The Bertz CT molecular complexity index is 508. The zero-order chi connectivity index (χ0) is 12.4. The fourth-order valence-corrected chi connectivity index (χ4v) is 2.22. The van der Waals surface area contributed by atoms with Gasteiger partial charge in [-0.15, -0.1) is 0 Å². The van der Waals surface area contributed by atoms with Crippen LogP contribution in [0, 0.1) is 0 Å². The molecule has 6 heteroatoms. The zero-order valence-electron chi connectivity index (χ0n) is 10.2. The largest absolute Gasteiger partial charge is 0.363 e. The van der Waals surface area contributed by atoms with E-state index in [1.165, 1.54) is 0 Å². The average molecular weight is 298 g/mol. The van der Waals surface area contributed by atoms with Gasteiger partial charge in [0.05, 0.1) is 0 Å². The van der Waals surface area contributed by atoms with Crippen LogP contribution in [0.15, 0.2) is 23.2 Å². The summed E-state index contributed by atoms with van der Waals surface area (Å²) in [5.41, 5.74) is 0.846. The number of halogens is 1. The first kappa shape index (κ1) is 12.3. The molecule has 0 aliphatic carbocycles. The number of hydrogen-bond donors (Lipinski definition) is 1. The molecular weight excluding hydrogens is 282 g/mol. The van der Waals surface area contributed by atoms with Gasteiger partial charge in [0.2, 0.25) is 0 Å². The van der Waals surface area contributed by atoms with Crippen LogP contribution < -0.4 is 5.32 Å². The number of fused-ring (bicyclic) bond motifs is 1. The van der Waals surface area contributed by atoms with Gasteiger partial charge in [0.1, 0.15) is 4.60 Å². The molecule has 0 saturated carbocycles. The van der Waals surface area contributed by atoms with E-state index in [1.54, 1.807) is 6.20 Å². The topological polar surface area (TPSA) is 45.5 Å². The van der Waals surface area contributed by atoms with Crippen molar-refractivity contribution in [2.75, 3.05) is 26.0 Å². The minimum atomic E-state index is 0.312. The molecule has 0 radical (unpaired) electrons. The molecule has 1 N–H and O–H groups in total. The normalized spacial score (nSPS) is 13.2. The number of nitrogens with zero attached hydrogens (tertiary/aromatic N) is 4. The van der Waals surface area contributed by atoms with Crippen LogP contribution in [0.1, 0.15) is 6.92 Å². The van der Waals surface area contributed by atoms with Gasteiger partial charge in [0.25, 0.3) is 0 Å². The third-order valence-corrected chi connectivity index (χ3v) is 2.75. The molecule has 1 unspecified atom stereocenters. The molecule has 0 aliphatic rings. The van der Waals surface area contributed by atoms with Crippen molar-refractivity contribution in [2.24, 2.45) is 0 Å². The molecule has 17 heavy (non-hydrogen) atoms. The smallest absolute Gasteiger partial charge is 0.180 e. The van der Waals surface area contributed by atoms with Crippen LogP contribution in [-0.2, 0) is 0 Å². The maximum absolute atomic E-state index is 4.42. The number of hydrogen-bond acceptors (Lipinski definition) is 4. The highest BCUT2D eigenvalue weighted by molar-refractivity contribution is 9.10. The summed E-state index contributed by atoms with van der Waals surface area (Å²) in [6, 6.07) is 0.312. The molecule has 0 spiro atoms. The molecule has 2 aromatic rings. The van der Waals surface area contributed by atoms with Crippen LogP contribution >= 0.6 is 15.9 Å². The Morgan fingerprint density at radius 1 is 1.53 bits per heavy atom. The maximum Gasteiger partial charge on any atom is 0.180 e. The van der Waals surface area contributed by atoms with Crippen LogP contribution in [0.4, 0.5) is 5.82 Å². The Morgan fingerprint density at radius 3 is 3.00 bits per heavy atom. The highest BCUT2D eigenvalue weighted by Crippen LogP contribution is 2.17. The third kappa shape index (κ3) is 2.95. The van der Waals surface area contributed by atoms with E-state index in [4.69, 9.17) is 0 Å². The number of rotatable bonds is 4. The molecule has 2 aromatic heterocycles. The number of imidazole rings is 1. The summed E-state index contributed by atoms with van der Waals surface area (Å²) in [6.07, 6.45) is 5.57. The lowest BCUT2D eigenvalue weighted by atomic mass is 10.3. The summed E-state index contributed by atoms with van der Waals surface area (Å²) in [4.78, 5) is 10.9. The molecular formula is C11H16BrN5. The number of likely N-dealkylation sites (N-methyl/N-ethyl adjacent to an activating group) is 1. The van der Waals surface area contributed by atoms with Crippen LogP contribution in [0.25, 0.3) is 5.65 Å². The second kappa shape index (κ2) is 5.01. The molecule has 5 nitrogen and oxygen atoms in total. The predicted octanol–water partition coefficient (Wildman–Crippen LogP) is 1.85. The van der Waals surface area contributed by atoms with Crippen molar-refractivity contribution in [3.8, 4) is 0 Å². The Hall–Kier alpha value is -1.14. The van der Waals surface area contributed by atoms with E-state index in [0.29, 0.717) is 6.04 Å². The van der Waals surface area contributed by atoms with Crippen molar-refractivity contribution in [3.05, 3.63) is 23.2 Å². The minimum Gasteiger partial charge on any atom is -0.363 e. The van der Waals surface area contributed by atoms with Crippen LogP contribution in [0.3, 0.4) is 0 Å². The number of nitrogens with one attached hydrogen (secondary N) is 1. The fourth-order valence-electron chi connectivity index (χ4n) is 1.82. The summed E-state index contributed by atoms with van der Waals surface area (Å²) in [5, 5.41) is 3.38. The molecule has 0 aliphatic heterocycles. The van der Waals surface area contributed by atoms with Gasteiger partial charge in [-0.25, -0.2) is 9.97 Å². The molecule has 1 atom stereocenters. The van der Waals surface area contributed by atoms with Gasteiger partial charge < -0.3 is 14.6 Å². The summed E-state index contributed by atoms with van der Waals surface area (Å²) in [7, 11) is 4.11. The van der Waals surface area contributed by atoms with Crippen LogP contribution in [0.5, 0.6) is 0 Å². The second-order valence-corrected chi connectivity index (χ2v) is 5.19. The third-order valence-electron chi connectivity index (χ3n) is 2.37. The summed E-state index contributed by atoms with van der Waals surface area (Å²) >= 11 is 3.40. The molecule has 2 heterocycles. The van der Waals surface area contributed by atoms with Crippen molar-refractivity contribution >= 4 is 27.4 Å². The summed E-state index contributed by atoms with van der Waals surface area (Å²) in [5.74, 6) is 0.804. The quantitative estimate of drug-likeness (QED) is 0.936. The first-order chi connectivity index (χ1) is 8.06. The van der Waals surface area contributed by atoms with E-state index in [2.05, 4.69) is 57.1 Å².